The van der Waals surface area contributed by atoms with E-state index in [1.165, 1.54) is 6.33 Å². The summed E-state index contributed by atoms with van der Waals surface area (Å²) in [6.07, 6.45) is 3.65. The van der Waals surface area contributed by atoms with Crippen molar-refractivity contribution in [3.05, 3.63) is 6.33 Å². The zero-order chi connectivity index (χ0) is 14.3. The van der Waals surface area contributed by atoms with Crippen LogP contribution in [0.3, 0.4) is 0 Å². The van der Waals surface area contributed by atoms with Gasteiger partial charge >= 0.3 is 0 Å². The molecule has 0 atom stereocenters. The van der Waals surface area contributed by atoms with E-state index in [0.717, 1.165) is 25.9 Å². The van der Waals surface area contributed by atoms with Crippen molar-refractivity contribution < 1.29 is 4.74 Å². The number of nitrogens with one attached hydrogen (secondary N) is 1. The average Bonchev–Trinajstić information content (AvgIpc) is 2.38. The Morgan fingerprint density at radius 1 is 1.37 bits per heavy atom. The molecule has 0 aliphatic carbocycles. The highest BCUT2D eigenvalue weighted by Gasteiger charge is 2.08. The van der Waals surface area contributed by atoms with Crippen LogP contribution in [0.4, 0.5) is 11.6 Å². The molecule has 0 aliphatic rings. The minimum Gasteiger partial charge on any atom is -0.490 e. The van der Waals surface area contributed by atoms with Gasteiger partial charge in [0.05, 0.1) is 7.11 Å². The molecule has 108 valence electrons. The van der Waals surface area contributed by atoms with Crippen LogP contribution >= 0.6 is 0 Å². The van der Waals surface area contributed by atoms with Gasteiger partial charge in [-0.05, 0) is 40.3 Å². The van der Waals surface area contributed by atoms with Crippen molar-refractivity contribution in [1.82, 2.24) is 14.9 Å². The number of aromatic nitrogens is 2. The van der Waals surface area contributed by atoms with E-state index in [1.54, 1.807) is 7.11 Å². The third kappa shape index (κ3) is 4.90. The summed E-state index contributed by atoms with van der Waals surface area (Å²) < 4.78 is 5.18. The van der Waals surface area contributed by atoms with Crippen molar-refractivity contribution in [2.75, 3.05) is 38.3 Å². The molecule has 19 heavy (non-hydrogen) atoms. The van der Waals surface area contributed by atoms with Crippen molar-refractivity contribution in [1.29, 1.82) is 0 Å². The smallest absolute Gasteiger partial charge is 0.203 e. The van der Waals surface area contributed by atoms with Crippen LogP contribution in [0.5, 0.6) is 5.75 Å². The van der Waals surface area contributed by atoms with E-state index in [0.29, 0.717) is 23.4 Å². The minimum atomic E-state index is 0.361. The van der Waals surface area contributed by atoms with Crippen LogP contribution in [0.15, 0.2) is 6.33 Å². The Balaban J connectivity index is 2.32. The third-order valence-electron chi connectivity index (χ3n) is 3.15. The van der Waals surface area contributed by atoms with Crippen LogP contribution in [-0.2, 0) is 0 Å². The molecule has 0 unspecified atom stereocenters. The molecule has 0 aliphatic heterocycles. The molecule has 0 saturated heterocycles. The molecule has 0 spiro atoms. The van der Waals surface area contributed by atoms with Gasteiger partial charge in [-0.15, -0.1) is 0 Å². The number of nitrogens with zero attached hydrogens (tertiary/aromatic N) is 3. The number of ether oxygens (including phenoxy) is 1. The van der Waals surface area contributed by atoms with Crippen LogP contribution in [0.25, 0.3) is 0 Å². The van der Waals surface area contributed by atoms with Crippen molar-refractivity contribution in [2.45, 2.75) is 32.7 Å². The first kappa shape index (κ1) is 15.5. The molecule has 1 aromatic rings. The number of rotatable bonds is 8. The van der Waals surface area contributed by atoms with Crippen molar-refractivity contribution in [3.63, 3.8) is 0 Å². The highest BCUT2D eigenvalue weighted by molar-refractivity contribution is 5.61. The van der Waals surface area contributed by atoms with Gasteiger partial charge in [-0.3, -0.25) is 0 Å². The van der Waals surface area contributed by atoms with E-state index in [2.05, 4.69) is 41.1 Å². The molecule has 0 amide bonds. The third-order valence-corrected chi connectivity index (χ3v) is 3.15. The maximum Gasteiger partial charge on any atom is 0.203 e. The van der Waals surface area contributed by atoms with Crippen LogP contribution < -0.4 is 15.8 Å². The molecule has 1 heterocycles. The molecule has 6 heteroatoms. The molecule has 1 aromatic heterocycles. The van der Waals surface area contributed by atoms with E-state index >= 15 is 0 Å². The molecular weight excluding hydrogens is 242 g/mol. The van der Waals surface area contributed by atoms with E-state index in [1.807, 2.05) is 0 Å². The number of anilines is 2. The van der Waals surface area contributed by atoms with Gasteiger partial charge in [-0.25, -0.2) is 9.97 Å². The highest BCUT2D eigenvalue weighted by Crippen LogP contribution is 2.25. The summed E-state index contributed by atoms with van der Waals surface area (Å²) in [6, 6.07) is 0.592. The Kier molecular flexibility index (Phi) is 6.35. The van der Waals surface area contributed by atoms with Gasteiger partial charge in [-0.1, -0.05) is 0 Å². The second-order valence-corrected chi connectivity index (χ2v) is 4.85. The first-order valence-electron chi connectivity index (χ1n) is 6.64. The molecule has 6 nitrogen and oxygen atoms in total. The summed E-state index contributed by atoms with van der Waals surface area (Å²) in [4.78, 5) is 10.4. The first-order valence-corrected chi connectivity index (χ1v) is 6.64. The molecule has 0 bridgehead atoms. The zero-order valence-corrected chi connectivity index (χ0v) is 12.3. The van der Waals surface area contributed by atoms with Gasteiger partial charge in [0, 0.05) is 12.6 Å². The lowest BCUT2D eigenvalue weighted by Crippen LogP contribution is -2.27. The Labute approximate surface area is 115 Å². The molecule has 0 fully saturated rings. The van der Waals surface area contributed by atoms with Gasteiger partial charge in [-0.2, -0.15) is 0 Å². The molecule has 0 saturated carbocycles. The van der Waals surface area contributed by atoms with E-state index in [4.69, 9.17) is 10.5 Å². The number of methoxy groups -OCH3 is 1. The number of nitrogens with two attached hydrogens (primary N) is 1. The second-order valence-electron chi connectivity index (χ2n) is 4.85. The summed E-state index contributed by atoms with van der Waals surface area (Å²) in [7, 11) is 3.71. The van der Waals surface area contributed by atoms with Crippen molar-refractivity contribution >= 4 is 11.6 Å². The lowest BCUT2D eigenvalue weighted by Gasteiger charge is -2.20. The fourth-order valence-corrected chi connectivity index (χ4v) is 1.67. The molecular formula is C13H25N5O. The predicted octanol–water partition coefficient (Wildman–Crippen LogP) is 1.60. The van der Waals surface area contributed by atoms with Crippen LogP contribution in [0.2, 0.25) is 0 Å². The second kappa shape index (κ2) is 7.78. The van der Waals surface area contributed by atoms with Crippen molar-refractivity contribution in [3.8, 4) is 5.75 Å². The SMILES string of the molecule is COc1c(N)ncnc1NCCCCN(C)C(C)C. The van der Waals surface area contributed by atoms with Crippen LogP contribution in [-0.4, -0.2) is 48.2 Å². The number of nitrogen functional groups attached to an aromatic ring is 1. The van der Waals surface area contributed by atoms with Gasteiger partial charge in [0.25, 0.3) is 0 Å². The van der Waals surface area contributed by atoms with Crippen LogP contribution in [0.1, 0.15) is 26.7 Å². The molecule has 3 N–H and O–H groups in total. The first-order chi connectivity index (χ1) is 9.06. The van der Waals surface area contributed by atoms with Gasteiger partial charge < -0.3 is 20.7 Å². The summed E-state index contributed by atoms with van der Waals surface area (Å²) >= 11 is 0. The van der Waals surface area contributed by atoms with Gasteiger partial charge in [0.15, 0.2) is 11.6 Å². The average molecular weight is 267 g/mol. The van der Waals surface area contributed by atoms with Gasteiger partial charge in [0.1, 0.15) is 6.33 Å². The normalized spacial score (nSPS) is 11.1. The standard InChI is InChI=1S/C13H25N5O/c1-10(2)18(3)8-6-5-7-15-13-11(19-4)12(14)16-9-17-13/h9-10H,5-8H2,1-4H3,(H3,14,15,16,17). The Bertz CT molecular complexity index is 383. The van der Waals surface area contributed by atoms with E-state index < -0.39 is 0 Å². The van der Waals surface area contributed by atoms with Crippen LogP contribution in [0, 0.1) is 0 Å². The summed E-state index contributed by atoms with van der Waals surface area (Å²) in [5, 5.41) is 3.23. The topological polar surface area (TPSA) is 76.3 Å². The fourth-order valence-electron chi connectivity index (χ4n) is 1.67. The predicted molar refractivity (Wildman–Crippen MR) is 78.5 cm³/mol. The van der Waals surface area contributed by atoms with Crippen molar-refractivity contribution in [2.24, 2.45) is 0 Å². The molecule has 0 radical (unpaired) electrons. The summed E-state index contributed by atoms with van der Waals surface area (Å²) in [5.74, 6) is 1.54. The monoisotopic (exact) mass is 267 g/mol. The lowest BCUT2D eigenvalue weighted by molar-refractivity contribution is 0.269. The largest absolute Gasteiger partial charge is 0.490 e. The Hall–Kier alpha value is -1.56. The molecule has 0 aromatic carbocycles. The maximum absolute atomic E-state index is 5.71. The Morgan fingerprint density at radius 3 is 2.74 bits per heavy atom. The Morgan fingerprint density at radius 2 is 2.11 bits per heavy atom. The number of hydrogen-bond donors (Lipinski definition) is 2. The lowest BCUT2D eigenvalue weighted by atomic mass is 10.2. The molecule has 1 rings (SSSR count). The quantitative estimate of drug-likeness (QED) is 0.697. The maximum atomic E-state index is 5.71. The van der Waals surface area contributed by atoms with E-state index in [-0.39, 0.29) is 0 Å². The summed E-state index contributed by atoms with van der Waals surface area (Å²) in [6.45, 7) is 6.35. The highest BCUT2D eigenvalue weighted by atomic mass is 16.5. The fraction of sp³-hybridized carbons (Fsp3) is 0.692. The minimum absolute atomic E-state index is 0.361. The zero-order valence-electron chi connectivity index (χ0n) is 12.3. The van der Waals surface area contributed by atoms with E-state index in [9.17, 15) is 0 Å². The van der Waals surface area contributed by atoms with Gasteiger partial charge in [0.2, 0.25) is 5.75 Å². The number of unbranched alkanes of at least 4 members (excludes halogenated alkanes) is 1. The summed E-state index contributed by atoms with van der Waals surface area (Å²) in [5.41, 5.74) is 5.71. The number of hydrogen-bond acceptors (Lipinski definition) is 6.